The molecule has 0 unspecified atom stereocenters. The summed E-state index contributed by atoms with van der Waals surface area (Å²) >= 11 is -0.357. The van der Waals surface area contributed by atoms with Gasteiger partial charge < -0.3 is 0 Å². The molecule has 0 N–H and O–H groups in total. The minimum absolute atomic E-state index is 0.00162. The molecule has 0 aliphatic carbocycles. The first-order chi connectivity index (χ1) is 6.16. The molecule has 0 aromatic rings. The minimum Gasteiger partial charge on any atom is -0.199 e. The molecule has 0 atom stereocenters. The summed E-state index contributed by atoms with van der Waals surface area (Å²) in [5.74, 6) is 0. The van der Waals surface area contributed by atoms with Gasteiger partial charge in [-0.2, -0.15) is 26.3 Å². The predicted molar refractivity (Wildman–Crippen MR) is 46.2 cm³/mol. The van der Waals surface area contributed by atoms with E-state index < -0.39 is 22.2 Å². The summed E-state index contributed by atoms with van der Waals surface area (Å²) in [7, 11) is 0. The predicted octanol–water partition coefficient (Wildman–Crippen LogP) is 4.05. The van der Waals surface area contributed by atoms with Crippen molar-refractivity contribution in [1.82, 2.24) is 0 Å². The van der Waals surface area contributed by atoms with E-state index in [-0.39, 0.29) is 23.5 Å². The Balaban J connectivity index is 5.36. The van der Waals surface area contributed by atoms with Crippen LogP contribution in [0.4, 0.5) is 26.3 Å². The van der Waals surface area contributed by atoms with Gasteiger partial charge in [-0.15, -0.1) is 0 Å². The van der Waals surface area contributed by atoms with Crippen LogP contribution in [0.3, 0.4) is 0 Å². The van der Waals surface area contributed by atoms with Gasteiger partial charge in [0.1, 0.15) is 0 Å². The molecule has 0 saturated heterocycles. The highest BCUT2D eigenvalue weighted by atomic mass is 32.2. The standard InChI is InChI=1S/C6H6F6S2/c1-13-4(7)3(5(8,9)10)6(11,12)14-2/h1-2H3/b4-3+. The third-order valence-electron chi connectivity index (χ3n) is 1.21. The summed E-state index contributed by atoms with van der Waals surface area (Å²) in [5, 5.41) is -6.16. The Hall–Kier alpha value is 0.0200. The summed E-state index contributed by atoms with van der Waals surface area (Å²) in [6, 6.07) is 0. The van der Waals surface area contributed by atoms with Gasteiger partial charge in [0.05, 0.1) is 0 Å². The summed E-state index contributed by atoms with van der Waals surface area (Å²) in [5.41, 5.74) is -2.43. The highest BCUT2D eigenvalue weighted by Gasteiger charge is 2.52. The van der Waals surface area contributed by atoms with Crippen molar-refractivity contribution < 1.29 is 26.3 Å². The zero-order valence-corrected chi connectivity index (χ0v) is 8.72. The SMILES string of the molecule is CS/C(F)=C(\C(F)(F)F)C(F)(F)SC. The van der Waals surface area contributed by atoms with Gasteiger partial charge in [-0.05, 0) is 12.5 Å². The molecule has 0 radical (unpaired) electrons. The highest BCUT2D eigenvalue weighted by molar-refractivity contribution is 8.02. The third-order valence-corrected chi connectivity index (χ3v) is 2.49. The van der Waals surface area contributed by atoms with Gasteiger partial charge in [-0.1, -0.05) is 23.5 Å². The van der Waals surface area contributed by atoms with Gasteiger partial charge in [0.25, 0.3) is 0 Å². The molecule has 0 aromatic carbocycles. The van der Waals surface area contributed by atoms with E-state index in [1.165, 1.54) is 0 Å². The molecule has 0 nitrogen and oxygen atoms in total. The van der Waals surface area contributed by atoms with Crippen molar-refractivity contribution in [3.05, 3.63) is 10.7 Å². The van der Waals surface area contributed by atoms with Crippen molar-refractivity contribution in [3.8, 4) is 0 Å². The number of halogens is 6. The smallest absolute Gasteiger partial charge is 0.199 e. The number of alkyl halides is 5. The van der Waals surface area contributed by atoms with Crippen molar-refractivity contribution in [2.75, 3.05) is 12.5 Å². The lowest BCUT2D eigenvalue weighted by Crippen LogP contribution is -2.28. The van der Waals surface area contributed by atoms with E-state index in [2.05, 4.69) is 0 Å². The Morgan fingerprint density at radius 2 is 1.43 bits per heavy atom. The van der Waals surface area contributed by atoms with Crippen molar-refractivity contribution in [2.24, 2.45) is 0 Å². The number of hydrogen-bond acceptors (Lipinski definition) is 2. The second kappa shape index (κ2) is 4.69. The summed E-state index contributed by atoms with van der Waals surface area (Å²) in [4.78, 5) is 0. The first kappa shape index (κ1) is 14.0. The molecular formula is C6H6F6S2. The Morgan fingerprint density at radius 3 is 1.64 bits per heavy atom. The van der Waals surface area contributed by atoms with Gasteiger partial charge in [0.2, 0.25) is 0 Å². The molecule has 8 heteroatoms. The van der Waals surface area contributed by atoms with Gasteiger partial charge >= 0.3 is 11.4 Å². The Kier molecular flexibility index (Phi) is 4.70. The molecule has 0 spiro atoms. The van der Waals surface area contributed by atoms with Crippen molar-refractivity contribution in [1.29, 1.82) is 0 Å². The lowest BCUT2D eigenvalue weighted by molar-refractivity contribution is -0.114. The fraction of sp³-hybridized carbons (Fsp3) is 0.667. The molecule has 0 aromatic heterocycles. The molecule has 0 aliphatic heterocycles. The van der Waals surface area contributed by atoms with Crippen LogP contribution in [0, 0.1) is 0 Å². The van der Waals surface area contributed by atoms with Crippen LogP contribution < -0.4 is 0 Å². The maximum atomic E-state index is 12.7. The molecule has 0 rings (SSSR count). The molecular weight excluding hydrogens is 250 g/mol. The molecule has 0 saturated carbocycles. The molecule has 0 fully saturated rings. The number of thioether (sulfide) groups is 2. The zero-order chi connectivity index (χ0) is 11.6. The first-order valence-corrected chi connectivity index (χ1v) is 5.56. The average molecular weight is 256 g/mol. The quantitative estimate of drug-likeness (QED) is 0.699. The largest absolute Gasteiger partial charge is 0.422 e. The number of hydrogen-bond donors (Lipinski definition) is 0. The van der Waals surface area contributed by atoms with Crippen LogP contribution in [0.15, 0.2) is 10.7 Å². The Morgan fingerprint density at radius 1 is 1.00 bits per heavy atom. The van der Waals surface area contributed by atoms with Gasteiger partial charge in [0.15, 0.2) is 10.7 Å². The van der Waals surface area contributed by atoms with Gasteiger partial charge in [-0.3, -0.25) is 0 Å². The Labute approximate surface area is 85.1 Å². The van der Waals surface area contributed by atoms with Crippen LogP contribution in [0.2, 0.25) is 0 Å². The van der Waals surface area contributed by atoms with E-state index in [0.717, 1.165) is 12.5 Å². The van der Waals surface area contributed by atoms with E-state index in [9.17, 15) is 26.3 Å². The van der Waals surface area contributed by atoms with Crippen LogP contribution in [0.5, 0.6) is 0 Å². The summed E-state index contributed by atoms with van der Waals surface area (Å²) < 4.78 is 74.1. The average Bonchev–Trinajstić information content (AvgIpc) is 2.01. The molecule has 0 amide bonds. The van der Waals surface area contributed by atoms with E-state index in [1.54, 1.807) is 0 Å². The molecule has 0 bridgehead atoms. The maximum absolute atomic E-state index is 12.7. The van der Waals surface area contributed by atoms with Gasteiger partial charge in [-0.25, -0.2) is 0 Å². The van der Waals surface area contributed by atoms with E-state index >= 15 is 0 Å². The zero-order valence-electron chi connectivity index (χ0n) is 7.08. The van der Waals surface area contributed by atoms with E-state index in [4.69, 9.17) is 0 Å². The molecule has 14 heavy (non-hydrogen) atoms. The lowest BCUT2D eigenvalue weighted by Gasteiger charge is -2.20. The van der Waals surface area contributed by atoms with Crippen molar-refractivity contribution in [3.63, 3.8) is 0 Å². The monoisotopic (exact) mass is 256 g/mol. The van der Waals surface area contributed by atoms with E-state index in [1.807, 2.05) is 0 Å². The second-order valence-electron chi connectivity index (χ2n) is 2.07. The normalized spacial score (nSPS) is 15.4. The minimum atomic E-state index is -5.36. The van der Waals surface area contributed by atoms with Crippen LogP contribution in [0.25, 0.3) is 0 Å². The topological polar surface area (TPSA) is 0 Å². The van der Waals surface area contributed by atoms with Crippen LogP contribution in [-0.2, 0) is 0 Å². The van der Waals surface area contributed by atoms with Crippen LogP contribution in [-0.4, -0.2) is 23.9 Å². The maximum Gasteiger partial charge on any atom is 0.422 e. The lowest BCUT2D eigenvalue weighted by atomic mass is 10.3. The summed E-state index contributed by atoms with van der Waals surface area (Å²) in [6.07, 6.45) is -3.63. The molecule has 84 valence electrons. The van der Waals surface area contributed by atoms with Crippen LogP contribution in [0.1, 0.15) is 0 Å². The molecule has 0 heterocycles. The third kappa shape index (κ3) is 3.30. The summed E-state index contributed by atoms with van der Waals surface area (Å²) in [6.45, 7) is 0. The Bertz CT molecular complexity index is 231. The second-order valence-corrected chi connectivity index (χ2v) is 3.76. The highest BCUT2D eigenvalue weighted by Crippen LogP contribution is 2.47. The first-order valence-electron chi connectivity index (χ1n) is 3.11. The van der Waals surface area contributed by atoms with Crippen LogP contribution >= 0.6 is 23.5 Å². The van der Waals surface area contributed by atoms with E-state index in [0.29, 0.717) is 0 Å². The molecule has 0 aliphatic rings. The number of rotatable bonds is 3. The fourth-order valence-electron chi connectivity index (χ4n) is 0.595. The van der Waals surface area contributed by atoms with Gasteiger partial charge in [0, 0.05) is 0 Å². The fourth-order valence-corrected chi connectivity index (χ4v) is 1.52. The van der Waals surface area contributed by atoms with Crippen molar-refractivity contribution >= 4 is 23.5 Å². The van der Waals surface area contributed by atoms with Crippen molar-refractivity contribution in [2.45, 2.75) is 11.4 Å².